The minimum Gasteiger partial charge on any atom is -0.462 e. The average Bonchev–Trinajstić information content (AvgIpc) is 2.49. The molecular formula is C16H22O4. The summed E-state index contributed by atoms with van der Waals surface area (Å²) in [5.74, 6) is -0.793. The molecule has 0 aliphatic heterocycles. The Kier molecular flexibility index (Phi) is 6.77. The van der Waals surface area contributed by atoms with Crippen molar-refractivity contribution in [2.75, 3.05) is 13.2 Å². The summed E-state index contributed by atoms with van der Waals surface area (Å²) in [5, 5.41) is 0. The van der Waals surface area contributed by atoms with E-state index in [1.54, 1.807) is 12.1 Å². The topological polar surface area (TPSA) is 52.6 Å². The van der Waals surface area contributed by atoms with Crippen LogP contribution in [0.15, 0.2) is 18.2 Å². The molecule has 0 saturated heterocycles. The molecule has 0 spiro atoms. The summed E-state index contributed by atoms with van der Waals surface area (Å²) in [6.07, 6.45) is 2.28. The Hall–Kier alpha value is -1.84. The van der Waals surface area contributed by atoms with Crippen LogP contribution < -0.4 is 0 Å². The lowest BCUT2D eigenvalue weighted by molar-refractivity contribution is 0.0503. The van der Waals surface area contributed by atoms with Gasteiger partial charge < -0.3 is 9.47 Å². The molecule has 0 atom stereocenters. The van der Waals surface area contributed by atoms with Gasteiger partial charge in [0.2, 0.25) is 0 Å². The zero-order valence-electron chi connectivity index (χ0n) is 12.4. The van der Waals surface area contributed by atoms with Gasteiger partial charge in [0.15, 0.2) is 0 Å². The molecule has 20 heavy (non-hydrogen) atoms. The van der Waals surface area contributed by atoms with Gasteiger partial charge in [-0.3, -0.25) is 0 Å². The van der Waals surface area contributed by atoms with E-state index in [0.29, 0.717) is 24.3 Å². The maximum atomic E-state index is 11.9. The average molecular weight is 278 g/mol. The zero-order valence-corrected chi connectivity index (χ0v) is 12.4. The predicted molar refractivity (Wildman–Crippen MR) is 77.0 cm³/mol. The Bertz CT molecular complexity index is 427. The van der Waals surface area contributed by atoms with E-state index in [-0.39, 0.29) is 0 Å². The third-order valence-electron chi connectivity index (χ3n) is 2.75. The molecule has 0 unspecified atom stereocenters. The molecule has 1 rings (SSSR count). The van der Waals surface area contributed by atoms with Crippen LogP contribution in [0.3, 0.4) is 0 Å². The van der Waals surface area contributed by atoms with Gasteiger partial charge in [0, 0.05) is 0 Å². The van der Waals surface area contributed by atoms with E-state index in [0.717, 1.165) is 24.8 Å². The minimum atomic E-state index is -0.397. The van der Waals surface area contributed by atoms with Crippen LogP contribution in [0.4, 0.5) is 0 Å². The van der Waals surface area contributed by atoms with E-state index in [4.69, 9.17) is 9.47 Å². The van der Waals surface area contributed by atoms with Crippen LogP contribution in [0.2, 0.25) is 0 Å². The fourth-order valence-electron chi connectivity index (χ4n) is 1.69. The molecule has 110 valence electrons. The Morgan fingerprint density at radius 3 is 1.65 bits per heavy atom. The summed E-state index contributed by atoms with van der Waals surface area (Å²) in [7, 11) is 0. The molecule has 0 N–H and O–H groups in total. The number of ether oxygens (including phenoxy) is 2. The van der Waals surface area contributed by atoms with Crippen molar-refractivity contribution in [1.29, 1.82) is 0 Å². The first kappa shape index (κ1) is 16.2. The number of hydrogen-bond donors (Lipinski definition) is 0. The van der Waals surface area contributed by atoms with Crippen LogP contribution in [0.25, 0.3) is 0 Å². The second-order valence-corrected chi connectivity index (χ2v) is 4.54. The second kappa shape index (κ2) is 8.35. The van der Waals surface area contributed by atoms with Gasteiger partial charge in [0.05, 0.1) is 24.3 Å². The highest BCUT2D eigenvalue weighted by molar-refractivity contribution is 5.95. The lowest BCUT2D eigenvalue weighted by atomic mass is 10.0. The molecule has 0 amide bonds. The number of aryl methyl sites for hydroxylation is 1. The maximum absolute atomic E-state index is 11.9. The molecule has 0 aliphatic carbocycles. The predicted octanol–water partition coefficient (Wildman–Crippen LogP) is 3.38. The first-order chi connectivity index (χ1) is 9.62. The van der Waals surface area contributed by atoms with Crippen LogP contribution in [-0.4, -0.2) is 25.2 Å². The molecule has 0 bridgehead atoms. The summed E-state index contributed by atoms with van der Waals surface area (Å²) >= 11 is 0. The van der Waals surface area contributed by atoms with Gasteiger partial charge in [-0.25, -0.2) is 9.59 Å². The summed E-state index contributed by atoms with van der Waals surface area (Å²) in [4.78, 5) is 23.8. The fourth-order valence-corrected chi connectivity index (χ4v) is 1.69. The van der Waals surface area contributed by atoms with Gasteiger partial charge in [0.25, 0.3) is 0 Å². The van der Waals surface area contributed by atoms with Gasteiger partial charge in [0.1, 0.15) is 0 Å². The van der Waals surface area contributed by atoms with Crippen molar-refractivity contribution in [2.24, 2.45) is 0 Å². The number of carbonyl (C=O) groups is 2. The van der Waals surface area contributed by atoms with Gasteiger partial charge in [-0.2, -0.15) is 0 Å². The third kappa shape index (κ3) is 4.68. The van der Waals surface area contributed by atoms with Crippen molar-refractivity contribution in [3.8, 4) is 0 Å². The van der Waals surface area contributed by atoms with Crippen LogP contribution in [-0.2, 0) is 15.9 Å². The van der Waals surface area contributed by atoms with Gasteiger partial charge in [-0.15, -0.1) is 0 Å². The molecule has 0 heterocycles. The number of carbonyl (C=O) groups excluding carboxylic acids is 2. The van der Waals surface area contributed by atoms with Gasteiger partial charge in [-0.1, -0.05) is 20.8 Å². The van der Waals surface area contributed by atoms with E-state index in [2.05, 4.69) is 0 Å². The molecule has 0 fully saturated rings. The number of esters is 2. The van der Waals surface area contributed by atoms with E-state index < -0.39 is 11.9 Å². The van der Waals surface area contributed by atoms with Crippen molar-refractivity contribution in [1.82, 2.24) is 0 Å². The van der Waals surface area contributed by atoms with E-state index in [9.17, 15) is 9.59 Å². The quantitative estimate of drug-likeness (QED) is 0.717. The summed E-state index contributed by atoms with van der Waals surface area (Å²) in [6.45, 7) is 6.60. The number of hydrogen-bond acceptors (Lipinski definition) is 4. The number of benzene rings is 1. The van der Waals surface area contributed by atoms with Crippen molar-refractivity contribution >= 4 is 11.9 Å². The standard InChI is InChI=1S/C16H22O4/c1-4-7-19-15(17)13-9-12(6-3)10-14(11-13)16(18)20-8-5-2/h9-11H,4-8H2,1-3H3. The number of rotatable bonds is 7. The monoisotopic (exact) mass is 278 g/mol. The fraction of sp³-hybridized carbons (Fsp3) is 0.500. The second-order valence-electron chi connectivity index (χ2n) is 4.54. The molecule has 0 saturated carbocycles. The Labute approximate surface area is 120 Å². The third-order valence-corrected chi connectivity index (χ3v) is 2.75. The molecule has 0 radical (unpaired) electrons. The molecule has 0 aromatic heterocycles. The first-order valence-electron chi connectivity index (χ1n) is 7.10. The van der Waals surface area contributed by atoms with Gasteiger partial charge >= 0.3 is 11.9 Å². The highest BCUT2D eigenvalue weighted by Gasteiger charge is 2.14. The molecule has 1 aromatic rings. The molecule has 1 aromatic carbocycles. The van der Waals surface area contributed by atoms with Crippen LogP contribution in [0, 0.1) is 0 Å². The Morgan fingerprint density at radius 1 is 0.850 bits per heavy atom. The molecule has 0 aliphatic rings. The molecular weight excluding hydrogens is 256 g/mol. The first-order valence-corrected chi connectivity index (χ1v) is 7.10. The van der Waals surface area contributed by atoms with Crippen molar-refractivity contribution in [2.45, 2.75) is 40.0 Å². The van der Waals surface area contributed by atoms with Crippen LogP contribution >= 0.6 is 0 Å². The highest BCUT2D eigenvalue weighted by atomic mass is 16.5. The maximum Gasteiger partial charge on any atom is 0.338 e. The summed E-state index contributed by atoms with van der Waals surface area (Å²) in [6, 6.07) is 5.05. The van der Waals surface area contributed by atoms with Crippen molar-refractivity contribution in [3.63, 3.8) is 0 Å². The highest BCUT2D eigenvalue weighted by Crippen LogP contribution is 2.14. The lowest BCUT2D eigenvalue weighted by Crippen LogP contribution is -2.11. The van der Waals surface area contributed by atoms with E-state index >= 15 is 0 Å². The van der Waals surface area contributed by atoms with Gasteiger partial charge in [-0.05, 0) is 43.0 Å². The smallest absolute Gasteiger partial charge is 0.338 e. The largest absolute Gasteiger partial charge is 0.462 e. The van der Waals surface area contributed by atoms with E-state index in [1.165, 1.54) is 6.07 Å². The Balaban J connectivity index is 2.95. The summed E-state index contributed by atoms with van der Waals surface area (Å²) in [5.41, 5.74) is 1.72. The normalized spacial score (nSPS) is 10.2. The van der Waals surface area contributed by atoms with Crippen LogP contribution in [0.5, 0.6) is 0 Å². The lowest BCUT2D eigenvalue weighted by Gasteiger charge is -2.09. The van der Waals surface area contributed by atoms with E-state index in [1.807, 2.05) is 20.8 Å². The molecule has 4 heteroatoms. The van der Waals surface area contributed by atoms with Crippen molar-refractivity contribution in [3.05, 3.63) is 34.9 Å². The summed E-state index contributed by atoms with van der Waals surface area (Å²) < 4.78 is 10.2. The SMILES string of the molecule is CCCOC(=O)c1cc(CC)cc(C(=O)OCCC)c1. The van der Waals surface area contributed by atoms with Crippen LogP contribution in [0.1, 0.15) is 59.9 Å². The molecule has 4 nitrogen and oxygen atoms in total. The minimum absolute atomic E-state index is 0.380. The zero-order chi connectivity index (χ0) is 15.0. The Morgan fingerprint density at radius 2 is 1.30 bits per heavy atom. The van der Waals surface area contributed by atoms with Crippen molar-refractivity contribution < 1.29 is 19.1 Å².